The molecular weight excluding hydrogens is 568 g/mol. The Kier molecular flexibility index (Phi) is 9.33. The van der Waals surface area contributed by atoms with Crippen molar-refractivity contribution < 1.29 is 28.5 Å². The van der Waals surface area contributed by atoms with Crippen LogP contribution in [0.4, 0.5) is 0 Å². The first-order chi connectivity index (χ1) is 20.9. The molecule has 5 rings (SSSR count). The van der Waals surface area contributed by atoms with E-state index in [1.807, 2.05) is 66.2 Å². The zero-order valence-corrected chi connectivity index (χ0v) is 24.7. The third-order valence-corrected chi connectivity index (χ3v) is 7.29. The fourth-order valence-electron chi connectivity index (χ4n) is 4.07. The van der Waals surface area contributed by atoms with Crippen molar-refractivity contribution in [2.24, 2.45) is 0 Å². The molecule has 5 aromatic rings. The lowest BCUT2D eigenvalue weighted by molar-refractivity contribution is -0.131. The van der Waals surface area contributed by atoms with Gasteiger partial charge in [-0.2, -0.15) is 0 Å². The highest BCUT2D eigenvalue weighted by atomic mass is 32.1. The summed E-state index contributed by atoms with van der Waals surface area (Å²) in [6.45, 7) is 4.20. The Morgan fingerprint density at radius 1 is 1.05 bits per heavy atom. The second kappa shape index (κ2) is 13.7. The van der Waals surface area contributed by atoms with Crippen LogP contribution in [-0.4, -0.2) is 37.9 Å². The van der Waals surface area contributed by atoms with Crippen molar-refractivity contribution in [2.75, 3.05) is 7.11 Å². The number of hydrogen-bond acceptors (Lipinski definition) is 9. The van der Waals surface area contributed by atoms with Crippen LogP contribution in [0.5, 0.6) is 17.4 Å². The molecule has 0 aliphatic carbocycles. The Labute approximate surface area is 252 Å². The number of carbonyl (C=O) groups is 1. The number of aromatic nitrogens is 4. The smallest absolute Gasteiger partial charge is 0.328 e. The molecule has 0 fully saturated rings. The maximum Gasteiger partial charge on any atom is 0.328 e. The first-order valence-electron chi connectivity index (χ1n) is 13.5. The summed E-state index contributed by atoms with van der Waals surface area (Å²) in [6.07, 6.45) is 9.02. The number of carboxylic acid groups (broad SMARTS) is 1. The molecule has 0 radical (unpaired) electrons. The van der Waals surface area contributed by atoms with Crippen molar-refractivity contribution in [3.8, 4) is 23.1 Å². The average Bonchev–Trinajstić information content (AvgIpc) is 3.75. The summed E-state index contributed by atoms with van der Waals surface area (Å²) in [5, 5.41) is 16.6. The third-order valence-electron chi connectivity index (χ3n) is 6.28. The van der Waals surface area contributed by atoms with Crippen LogP contribution >= 0.6 is 11.3 Å². The number of nitrogens with zero attached hydrogens (tertiary/aromatic N) is 4. The molecule has 2 aromatic carbocycles. The summed E-state index contributed by atoms with van der Waals surface area (Å²) in [5.41, 5.74) is 4.05. The molecular formula is C32H30N4O6S. The van der Waals surface area contributed by atoms with E-state index in [0.29, 0.717) is 28.8 Å². The highest BCUT2D eigenvalue weighted by Gasteiger charge is 2.14. The van der Waals surface area contributed by atoms with Gasteiger partial charge < -0.3 is 23.7 Å². The van der Waals surface area contributed by atoms with E-state index in [0.717, 1.165) is 40.0 Å². The van der Waals surface area contributed by atoms with Gasteiger partial charge in [0.25, 0.3) is 0 Å². The molecule has 0 amide bonds. The molecule has 0 bridgehead atoms. The molecule has 3 aromatic heterocycles. The van der Waals surface area contributed by atoms with Gasteiger partial charge in [-0.1, -0.05) is 31.2 Å². The molecule has 0 aliphatic heterocycles. The number of para-hydroxylation sites is 1. The predicted octanol–water partition coefficient (Wildman–Crippen LogP) is 6.62. The second-order valence-corrected chi connectivity index (χ2v) is 10.3. The minimum atomic E-state index is -1.08. The Bertz CT molecular complexity index is 1750. The van der Waals surface area contributed by atoms with E-state index in [1.165, 1.54) is 6.08 Å². The summed E-state index contributed by atoms with van der Waals surface area (Å²) in [5.74, 6) is 1.18. The molecule has 10 nitrogen and oxygen atoms in total. The number of aryl methyl sites for hydroxylation is 2. The Morgan fingerprint density at radius 2 is 1.88 bits per heavy atom. The Balaban J connectivity index is 1.30. The van der Waals surface area contributed by atoms with Crippen molar-refractivity contribution >= 4 is 35.5 Å². The maximum absolute atomic E-state index is 10.8. The molecule has 0 atom stereocenters. The number of thiazole rings is 1. The molecule has 0 saturated carbocycles. The van der Waals surface area contributed by atoms with Crippen LogP contribution in [0, 0.1) is 6.92 Å². The zero-order chi connectivity index (χ0) is 30.2. The van der Waals surface area contributed by atoms with Crippen molar-refractivity contribution in [3.63, 3.8) is 0 Å². The molecule has 1 N–H and O–H groups in total. The first-order valence-corrected chi connectivity index (χ1v) is 14.4. The van der Waals surface area contributed by atoms with E-state index in [1.54, 1.807) is 36.1 Å². The van der Waals surface area contributed by atoms with Crippen LogP contribution in [0.2, 0.25) is 0 Å². The lowest BCUT2D eigenvalue weighted by atomic mass is 10.2. The molecule has 43 heavy (non-hydrogen) atoms. The van der Waals surface area contributed by atoms with Gasteiger partial charge in [0.2, 0.25) is 11.8 Å². The van der Waals surface area contributed by atoms with Gasteiger partial charge in [0.1, 0.15) is 24.7 Å². The minimum absolute atomic E-state index is 0.119. The Hall–Kier alpha value is -5.16. The van der Waals surface area contributed by atoms with Gasteiger partial charge in [-0.25, -0.2) is 19.4 Å². The highest BCUT2D eigenvalue weighted by Crippen LogP contribution is 2.30. The SMILES string of the molecule is CCc1nc(/C=C\c2cn(-c3ccccc3)nc2OCc2ccc(OCc3nc(/C=C/C(=O)O)oc3C)c(OC)c2)cs1. The van der Waals surface area contributed by atoms with Crippen molar-refractivity contribution in [2.45, 2.75) is 33.5 Å². The molecule has 0 aliphatic rings. The van der Waals surface area contributed by atoms with E-state index in [2.05, 4.69) is 16.9 Å². The van der Waals surface area contributed by atoms with E-state index < -0.39 is 5.97 Å². The second-order valence-electron chi connectivity index (χ2n) is 9.31. The van der Waals surface area contributed by atoms with Gasteiger partial charge in [0, 0.05) is 23.7 Å². The highest BCUT2D eigenvalue weighted by molar-refractivity contribution is 7.09. The number of hydrogen-bond donors (Lipinski definition) is 1. The van der Waals surface area contributed by atoms with Crippen molar-refractivity contribution in [1.29, 1.82) is 0 Å². The van der Waals surface area contributed by atoms with Crippen molar-refractivity contribution in [3.05, 3.63) is 105 Å². The predicted molar refractivity (Wildman–Crippen MR) is 164 cm³/mol. The topological polar surface area (TPSA) is 122 Å². The van der Waals surface area contributed by atoms with E-state index in [4.69, 9.17) is 28.8 Å². The van der Waals surface area contributed by atoms with Crippen LogP contribution in [0.15, 0.2) is 70.6 Å². The molecule has 0 spiro atoms. The normalized spacial score (nSPS) is 11.4. The summed E-state index contributed by atoms with van der Waals surface area (Å²) in [4.78, 5) is 19.7. The largest absolute Gasteiger partial charge is 0.493 e. The number of aliphatic carboxylic acids is 1. The van der Waals surface area contributed by atoms with Crippen LogP contribution in [0.3, 0.4) is 0 Å². The molecule has 3 heterocycles. The number of rotatable bonds is 13. The zero-order valence-electron chi connectivity index (χ0n) is 23.9. The number of ether oxygens (including phenoxy) is 3. The van der Waals surface area contributed by atoms with Crippen LogP contribution in [0.25, 0.3) is 23.9 Å². The van der Waals surface area contributed by atoms with Crippen LogP contribution in [-0.2, 0) is 24.4 Å². The molecule has 11 heteroatoms. The number of methoxy groups -OCH3 is 1. The van der Waals surface area contributed by atoms with Gasteiger partial charge in [-0.15, -0.1) is 16.4 Å². The van der Waals surface area contributed by atoms with Gasteiger partial charge in [-0.05, 0) is 55.3 Å². The molecule has 0 unspecified atom stereocenters. The number of benzene rings is 2. The summed E-state index contributed by atoms with van der Waals surface area (Å²) in [6, 6.07) is 15.4. The number of carboxylic acids is 1. The third kappa shape index (κ3) is 7.57. The first kappa shape index (κ1) is 29.3. The average molecular weight is 599 g/mol. The maximum atomic E-state index is 10.8. The van der Waals surface area contributed by atoms with E-state index in [-0.39, 0.29) is 19.1 Å². The van der Waals surface area contributed by atoms with Gasteiger partial charge in [-0.3, -0.25) is 0 Å². The summed E-state index contributed by atoms with van der Waals surface area (Å²) < 4.78 is 25.0. The molecule has 0 saturated heterocycles. The fraction of sp³-hybridized carbons (Fsp3) is 0.188. The Morgan fingerprint density at radius 3 is 2.63 bits per heavy atom. The molecule has 220 valence electrons. The van der Waals surface area contributed by atoms with Crippen LogP contribution in [0.1, 0.15) is 46.1 Å². The fourth-order valence-corrected chi connectivity index (χ4v) is 4.78. The minimum Gasteiger partial charge on any atom is -0.493 e. The quantitative estimate of drug-likeness (QED) is 0.149. The van der Waals surface area contributed by atoms with Crippen molar-refractivity contribution in [1.82, 2.24) is 19.7 Å². The van der Waals surface area contributed by atoms with Gasteiger partial charge in [0.15, 0.2) is 11.5 Å². The lowest BCUT2D eigenvalue weighted by Gasteiger charge is -2.12. The standard InChI is InChI=1S/C32H30N4O6S/c1-4-30-33-24(20-43-30)12-11-23-17-36(25-8-6-5-7-9-25)35-32(23)41-18-22-10-13-27(28(16-22)39-3)40-19-26-21(2)42-29(34-26)14-15-31(37)38/h5-17,20H,4,18-19H2,1-3H3,(H,37,38)/b12-11-,15-14+. The summed E-state index contributed by atoms with van der Waals surface area (Å²) in [7, 11) is 1.57. The lowest BCUT2D eigenvalue weighted by Crippen LogP contribution is -2.02. The number of oxazole rings is 1. The van der Waals surface area contributed by atoms with Gasteiger partial charge >= 0.3 is 5.97 Å². The monoisotopic (exact) mass is 598 g/mol. The van der Waals surface area contributed by atoms with Crippen LogP contribution < -0.4 is 14.2 Å². The van der Waals surface area contributed by atoms with Gasteiger partial charge in [0.05, 0.1) is 29.1 Å². The van der Waals surface area contributed by atoms with E-state index in [9.17, 15) is 4.79 Å². The van der Waals surface area contributed by atoms with E-state index >= 15 is 0 Å². The summed E-state index contributed by atoms with van der Waals surface area (Å²) >= 11 is 1.64.